The van der Waals surface area contributed by atoms with Crippen molar-refractivity contribution in [3.8, 4) is 5.75 Å². The lowest BCUT2D eigenvalue weighted by Gasteiger charge is -2.07. The molecule has 0 aliphatic rings. The minimum atomic E-state index is 0.302. The molecule has 20 heavy (non-hydrogen) atoms. The first-order chi connectivity index (χ1) is 9.76. The van der Waals surface area contributed by atoms with Crippen LogP contribution in [0.1, 0.15) is 11.1 Å². The molecule has 2 aromatic carbocycles. The predicted molar refractivity (Wildman–Crippen MR) is 81.9 cm³/mol. The first-order valence-electron chi connectivity index (χ1n) is 6.82. The van der Waals surface area contributed by atoms with Crippen molar-refractivity contribution in [2.75, 3.05) is 6.54 Å². The molecule has 0 aliphatic heterocycles. The van der Waals surface area contributed by atoms with Crippen LogP contribution in [0.2, 0.25) is 0 Å². The topological polar surface area (TPSA) is 51.2 Å². The SMILES string of the molecule is NCCc1ccc2ccn(Cc3ccc(O)cc3)c2c1. The summed E-state index contributed by atoms with van der Waals surface area (Å²) in [5, 5.41) is 10.6. The van der Waals surface area contributed by atoms with Crippen molar-refractivity contribution in [3.05, 3.63) is 65.9 Å². The quantitative estimate of drug-likeness (QED) is 0.763. The molecule has 0 radical (unpaired) electrons. The first kappa shape index (κ1) is 12.8. The second-order valence-electron chi connectivity index (χ2n) is 5.04. The summed E-state index contributed by atoms with van der Waals surface area (Å²) >= 11 is 0. The minimum absolute atomic E-state index is 0.302. The molecule has 0 atom stereocenters. The van der Waals surface area contributed by atoms with E-state index in [9.17, 15) is 5.11 Å². The molecule has 1 heterocycles. The fourth-order valence-corrected chi connectivity index (χ4v) is 2.49. The summed E-state index contributed by atoms with van der Waals surface area (Å²) in [6.45, 7) is 1.47. The van der Waals surface area contributed by atoms with Crippen LogP contribution in [0.4, 0.5) is 0 Å². The van der Waals surface area contributed by atoms with Gasteiger partial charge in [0.2, 0.25) is 0 Å². The van der Waals surface area contributed by atoms with Gasteiger partial charge < -0.3 is 15.4 Å². The smallest absolute Gasteiger partial charge is 0.115 e. The van der Waals surface area contributed by atoms with Crippen molar-refractivity contribution < 1.29 is 5.11 Å². The second kappa shape index (κ2) is 5.39. The van der Waals surface area contributed by atoms with Crippen LogP contribution in [0.15, 0.2) is 54.7 Å². The van der Waals surface area contributed by atoms with Gasteiger partial charge >= 0.3 is 0 Å². The van der Waals surface area contributed by atoms with Crippen molar-refractivity contribution in [1.82, 2.24) is 4.57 Å². The van der Waals surface area contributed by atoms with Crippen LogP contribution in [-0.2, 0) is 13.0 Å². The fraction of sp³-hybridized carbons (Fsp3) is 0.176. The zero-order valence-electron chi connectivity index (χ0n) is 11.3. The van der Waals surface area contributed by atoms with E-state index in [1.165, 1.54) is 22.0 Å². The lowest BCUT2D eigenvalue weighted by atomic mass is 10.1. The maximum Gasteiger partial charge on any atom is 0.115 e. The largest absolute Gasteiger partial charge is 0.508 e. The highest BCUT2D eigenvalue weighted by Gasteiger charge is 2.03. The van der Waals surface area contributed by atoms with Crippen LogP contribution in [0.5, 0.6) is 5.75 Å². The van der Waals surface area contributed by atoms with E-state index in [2.05, 4.69) is 35.0 Å². The number of nitrogens with two attached hydrogens (primary N) is 1. The number of nitrogens with zero attached hydrogens (tertiary/aromatic N) is 1. The average molecular weight is 266 g/mol. The Morgan fingerprint density at radius 2 is 1.70 bits per heavy atom. The Hall–Kier alpha value is -2.26. The molecule has 0 unspecified atom stereocenters. The Morgan fingerprint density at radius 3 is 2.45 bits per heavy atom. The van der Waals surface area contributed by atoms with E-state index in [-0.39, 0.29) is 0 Å². The summed E-state index contributed by atoms with van der Waals surface area (Å²) in [6.07, 6.45) is 3.00. The number of phenols is 1. The molecule has 0 saturated heterocycles. The molecule has 3 heteroatoms. The highest BCUT2D eigenvalue weighted by molar-refractivity contribution is 5.81. The van der Waals surface area contributed by atoms with Crippen LogP contribution >= 0.6 is 0 Å². The van der Waals surface area contributed by atoms with Gasteiger partial charge in [0.15, 0.2) is 0 Å². The molecular formula is C17H18N2O. The summed E-state index contributed by atoms with van der Waals surface area (Å²) in [6, 6.07) is 16.0. The molecule has 0 spiro atoms. The number of hydrogen-bond donors (Lipinski definition) is 2. The molecule has 102 valence electrons. The van der Waals surface area contributed by atoms with E-state index in [0.717, 1.165) is 13.0 Å². The normalized spacial score (nSPS) is 11.1. The van der Waals surface area contributed by atoms with Gasteiger partial charge in [0.25, 0.3) is 0 Å². The van der Waals surface area contributed by atoms with Crippen LogP contribution in [0.25, 0.3) is 10.9 Å². The van der Waals surface area contributed by atoms with Crippen molar-refractivity contribution in [2.45, 2.75) is 13.0 Å². The Morgan fingerprint density at radius 1 is 0.950 bits per heavy atom. The molecule has 0 bridgehead atoms. The van der Waals surface area contributed by atoms with Gasteiger partial charge in [-0.25, -0.2) is 0 Å². The van der Waals surface area contributed by atoms with Crippen molar-refractivity contribution in [2.24, 2.45) is 5.73 Å². The average Bonchev–Trinajstić information content (AvgIpc) is 2.85. The van der Waals surface area contributed by atoms with Crippen LogP contribution in [0, 0.1) is 0 Å². The van der Waals surface area contributed by atoms with Crippen LogP contribution in [-0.4, -0.2) is 16.2 Å². The third-order valence-electron chi connectivity index (χ3n) is 3.56. The van der Waals surface area contributed by atoms with Gasteiger partial charge in [0.05, 0.1) is 0 Å². The number of hydrogen-bond acceptors (Lipinski definition) is 2. The molecular weight excluding hydrogens is 248 g/mol. The zero-order valence-corrected chi connectivity index (χ0v) is 11.3. The summed E-state index contributed by atoms with van der Waals surface area (Å²) in [7, 11) is 0. The van der Waals surface area contributed by atoms with Crippen molar-refractivity contribution in [3.63, 3.8) is 0 Å². The molecule has 3 nitrogen and oxygen atoms in total. The monoisotopic (exact) mass is 266 g/mol. The standard InChI is InChI=1S/C17H18N2O/c18-9-7-13-1-4-15-8-10-19(17(15)11-13)12-14-2-5-16(20)6-3-14/h1-6,8,10-11,20H,7,9,12,18H2. The van der Waals surface area contributed by atoms with E-state index in [1.807, 2.05) is 12.1 Å². The Balaban J connectivity index is 1.94. The lowest BCUT2D eigenvalue weighted by molar-refractivity contribution is 0.475. The first-order valence-corrected chi connectivity index (χ1v) is 6.82. The minimum Gasteiger partial charge on any atom is -0.508 e. The van der Waals surface area contributed by atoms with Gasteiger partial charge in [0, 0.05) is 18.3 Å². The zero-order chi connectivity index (χ0) is 13.9. The van der Waals surface area contributed by atoms with Crippen molar-refractivity contribution >= 4 is 10.9 Å². The molecule has 3 N–H and O–H groups in total. The van der Waals surface area contributed by atoms with Gasteiger partial charge in [-0.1, -0.05) is 24.3 Å². The number of aromatic hydroxyl groups is 1. The summed E-state index contributed by atoms with van der Waals surface area (Å²) in [5.41, 5.74) is 9.29. The number of fused-ring (bicyclic) bond motifs is 1. The lowest BCUT2D eigenvalue weighted by Crippen LogP contribution is -2.03. The van der Waals surface area contributed by atoms with E-state index >= 15 is 0 Å². The second-order valence-corrected chi connectivity index (χ2v) is 5.04. The Labute approximate surface area is 118 Å². The number of phenolic OH excluding ortho intramolecular Hbond substituents is 1. The maximum absolute atomic E-state index is 9.33. The molecule has 3 aromatic rings. The number of rotatable bonds is 4. The maximum atomic E-state index is 9.33. The Kier molecular flexibility index (Phi) is 3.44. The third kappa shape index (κ3) is 2.53. The van der Waals surface area contributed by atoms with E-state index in [0.29, 0.717) is 12.3 Å². The van der Waals surface area contributed by atoms with Crippen LogP contribution < -0.4 is 5.73 Å². The van der Waals surface area contributed by atoms with E-state index in [4.69, 9.17) is 5.73 Å². The molecule has 0 amide bonds. The molecule has 0 aliphatic carbocycles. The van der Waals surface area contributed by atoms with Gasteiger partial charge in [-0.3, -0.25) is 0 Å². The van der Waals surface area contributed by atoms with Crippen LogP contribution in [0.3, 0.4) is 0 Å². The van der Waals surface area contributed by atoms with E-state index < -0.39 is 0 Å². The predicted octanol–water partition coefficient (Wildman–Crippen LogP) is 2.90. The van der Waals surface area contributed by atoms with Gasteiger partial charge in [-0.2, -0.15) is 0 Å². The molecule has 0 saturated carbocycles. The van der Waals surface area contributed by atoms with Gasteiger partial charge in [0.1, 0.15) is 5.75 Å². The fourth-order valence-electron chi connectivity index (χ4n) is 2.49. The Bertz CT molecular complexity index is 713. The van der Waals surface area contributed by atoms with Gasteiger partial charge in [-0.15, -0.1) is 0 Å². The summed E-state index contributed by atoms with van der Waals surface area (Å²) in [5.74, 6) is 0.302. The highest BCUT2D eigenvalue weighted by Crippen LogP contribution is 2.20. The molecule has 0 fully saturated rings. The van der Waals surface area contributed by atoms with Crippen molar-refractivity contribution in [1.29, 1.82) is 0 Å². The van der Waals surface area contributed by atoms with Gasteiger partial charge in [-0.05, 0) is 53.7 Å². The number of aromatic nitrogens is 1. The molecule has 3 rings (SSSR count). The third-order valence-corrected chi connectivity index (χ3v) is 3.56. The summed E-state index contributed by atoms with van der Waals surface area (Å²) < 4.78 is 2.22. The number of benzene rings is 2. The molecule has 1 aromatic heterocycles. The summed E-state index contributed by atoms with van der Waals surface area (Å²) in [4.78, 5) is 0. The van der Waals surface area contributed by atoms with E-state index in [1.54, 1.807) is 12.1 Å². The highest BCUT2D eigenvalue weighted by atomic mass is 16.3.